The number of amides is 1. The maximum absolute atomic E-state index is 11.7. The Bertz CT molecular complexity index is 491. The smallest absolute Gasteiger partial charge is 0.341 e. The Morgan fingerprint density at radius 3 is 2.65 bits per heavy atom. The molecule has 1 rings (SSSR count). The fourth-order valence-corrected chi connectivity index (χ4v) is 2.01. The number of thioether (sulfide) groups is 1. The standard InChI is InChI=1S/C9H13N3O4S/c1-3-16-6(13)4-17-7-5(2)11-12(8(7)14)9(10)15/h11H,3-4H2,1-2H3,(H2,10,15). The van der Waals surface area contributed by atoms with Crippen molar-refractivity contribution in [2.24, 2.45) is 5.73 Å². The summed E-state index contributed by atoms with van der Waals surface area (Å²) < 4.78 is 5.42. The van der Waals surface area contributed by atoms with Gasteiger partial charge in [0.05, 0.1) is 17.3 Å². The van der Waals surface area contributed by atoms with E-state index in [0.717, 1.165) is 11.8 Å². The zero-order valence-electron chi connectivity index (χ0n) is 9.48. The van der Waals surface area contributed by atoms with Gasteiger partial charge in [0.2, 0.25) is 0 Å². The van der Waals surface area contributed by atoms with Crippen molar-refractivity contribution in [3.63, 3.8) is 0 Å². The van der Waals surface area contributed by atoms with Crippen LogP contribution in [0.3, 0.4) is 0 Å². The number of primary amides is 1. The van der Waals surface area contributed by atoms with Gasteiger partial charge in [-0.3, -0.25) is 14.7 Å². The number of carbonyl (C=O) groups excluding carboxylic acids is 2. The quantitative estimate of drug-likeness (QED) is 0.587. The van der Waals surface area contributed by atoms with Gasteiger partial charge in [-0.2, -0.15) is 4.68 Å². The number of ether oxygens (including phenoxy) is 1. The van der Waals surface area contributed by atoms with Gasteiger partial charge >= 0.3 is 12.0 Å². The van der Waals surface area contributed by atoms with Crippen LogP contribution in [0.1, 0.15) is 12.6 Å². The van der Waals surface area contributed by atoms with Gasteiger partial charge in [0.15, 0.2) is 0 Å². The van der Waals surface area contributed by atoms with Crippen LogP contribution in [0.25, 0.3) is 0 Å². The van der Waals surface area contributed by atoms with Gasteiger partial charge in [-0.05, 0) is 13.8 Å². The van der Waals surface area contributed by atoms with E-state index in [2.05, 4.69) is 5.10 Å². The van der Waals surface area contributed by atoms with Crippen LogP contribution < -0.4 is 11.3 Å². The predicted molar refractivity (Wildman–Crippen MR) is 62.1 cm³/mol. The molecule has 0 bridgehead atoms. The predicted octanol–water partition coefficient (Wildman–Crippen LogP) is 0.0668. The maximum Gasteiger partial charge on any atom is 0.341 e. The fraction of sp³-hybridized carbons (Fsp3) is 0.444. The number of carbonyl (C=O) groups is 2. The van der Waals surface area contributed by atoms with Gasteiger partial charge in [0, 0.05) is 5.69 Å². The van der Waals surface area contributed by atoms with E-state index in [1.165, 1.54) is 0 Å². The third-order valence-corrected chi connectivity index (χ3v) is 3.03. The molecule has 0 atom stereocenters. The van der Waals surface area contributed by atoms with E-state index in [1.54, 1.807) is 13.8 Å². The molecule has 0 fully saturated rings. The molecule has 8 heteroatoms. The Morgan fingerprint density at radius 2 is 2.18 bits per heavy atom. The summed E-state index contributed by atoms with van der Waals surface area (Å²) >= 11 is 1.01. The molecule has 0 aliphatic rings. The minimum absolute atomic E-state index is 0.0144. The van der Waals surface area contributed by atoms with E-state index < -0.39 is 17.6 Å². The Kier molecular flexibility index (Phi) is 4.38. The lowest BCUT2D eigenvalue weighted by atomic mass is 10.5. The van der Waals surface area contributed by atoms with Crippen molar-refractivity contribution in [1.29, 1.82) is 0 Å². The molecule has 17 heavy (non-hydrogen) atoms. The topological polar surface area (TPSA) is 107 Å². The molecule has 0 aliphatic heterocycles. The Balaban J connectivity index is 2.82. The Hall–Kier alpha value is -1.70. The second-order valence-electron chi connectivity index (χ2n) is 3.14. The molecule has 0 unspecified atom stereocenters. The molecule has 0 spiro atoms. The van der Waals surface area contributed by atoms with E-state index in [4.69, 9.17) is 10.5 Å². The number of aryl methyl sites for hydroxylation is 1. The summed E-state index contributed by atoms with van der Waals surface area (Å²) in [5.74, 6) is -0.399. The third-order valence-electron chi connectivity index (χ3n) is 1.88. The highest BCUT2D eigenvalue weighted by Crippen LogP contribution is 2.16. The van der Waals surface area contributed by atoms with E-state index in [-0.39, 0.29) is 17.3 Å². The molecule has 0 saturated heterocycles. The van der Waals surface area contributed by atoms with E-state index in [0.29, 0.717) is 10.4 Å². The van der Waals surface area contributed by atoms with Crippen molar-refractivity contribution in [3.8, 4) is 0 Å². The summed E-state index contributed by atoms with van der Waals surface area (Å²) in [5.41, 5.74) is 4.93. The number of H-pyrrole nitrogens is 1. The molecule has 7 nitrogen and oxygen atoms in total. The van der Waals surface area contributed by atoms with Crippen molar-refractivity contribution >= 4 is 23.8 Å². The summed E-state index contributed by atoms with van der Waals surface area (Å²) in [5, 5.41) is 2.52. The molecule has 1 amide bonds. The monoisotopic (exact) mass is 259 g/mol. The zero-order chi connectivity index (χ0) is 13.0. The lowest BCUT2D eigenvalue weighted by Crippen LogP contribution is -2.30. The molecule has 94 valence electrons. The summed E-state index contributed by atoms with van der Waals surface area (Å²) in [6.07, 6.45) is 0. The van der Waals surface area contributed by atoms with Crippen LogP contribution in [-0.2, 0) is 9.53 Å². The minimum Gasteiger partial charge on any atom is -0.465 e. The van der Waals surface area contributed by atoms with Crippen molar-refractivity contribution in [3.05, 3.63) is 16.0 Å². The average Bonchev–Trinajstić information content (AvgIpc) is 2.52. The number of hydrogen-bond acceptors (Lipinski definition) is 5. The highest BCUT2D eigenvalue weighted by atomic mass is 32.2. The lowest BCUT2D eigenvalue weighted by Gasteiger charge is -1.99. The molecule has 1 aromatic rings. The van der Waals surface area contributed by atoms with Crippen molar-refractivity contribution < 1.29 is 14.3 Å². The molecular weight excluding hydrogens is 246 g/mol. The number of aromatic amines is 1. The number of rotatable bonds is 4. The first kappa shape index (κ1) is 13.4. The Morgan fingerprint density at radius 1 is 1.53 bits per heavy atom. The molecule has 0 aliphatic carbocycles. The normalized spacial score (nSPS) is 10.2. The zero-order valence-corrected chi connectivity index (χ0v) is 10.3. The van der Waals surface area contributed by atoms with E-state index >= 15 is 0 Å². The van der Waals surface area contributed by atoms with Crippen molar-refractivity contribution in [2.75, 3.05) is 12.4 Å². The first-order valence-electron chi connectivity index (χ1n) is 4.87. The number of hydrogen-bond donors (Lipinski definition) is 2. The lowest BCUT2D eigenvalue weighted by molar-refractivity contribution is -0.139. The van der Waals surface area contributed by atoms with Gasteiger partial charge in [0.25, 0.3) is 5.56 Å². The van der Waals surface area contributed by atoms with Gasteiger partial charge in [0.1, 0.15) is 0 Å². The summed E-state index contributed by atoms with van der Waals surface area (Å²) in [7, 11) is 0. The van der Waals surface area contributed by atoms with Gasteiger partial charge in [-0.25, -0.2) is 4.79 Å². The van der Waals surface area contributed by atoms with Gasteiger partial charge in [-0.15, -0.1) is 11.8 Å². The first-order valence-corrected chi connectivity index (χ1v) is 5.85. The maximum atomic E-state index is 11.7. The van der Waals surface area contributed by atoms with Crippen molar-refractivity contribution in [2.45, 2.75) is 18.7 Å². The molecule has 1 heterocycles. The number of nitrogens with two attached hydrogens (primary N) is 1. The number of nitrogens with zero attached hydrogens (tertiary/aromatic N) is 1. The largest absolute Gasteiger partial charge is 0.465 e. The second-order valence-corrected chi connectivity index (χ2v) is 4.12. The molecule has 3 N–H and O–H groups in total. The number of esters is 1. The molecule has 1 aromatic heterocycles. The molecular formula is C9H13N3O4S. The Labute approximate surface area is 101 Å². The van der Waals surface area contributed by atoms with Crippen LogP contribution in [0, 0.1) is 6.92 Å². The third kappa shape index (κ3) is 3.13. The van der Waals surface area contributed by atoms with Crippen molar-refractivity contribution in [1.82, 2.24) is 9.78 Å². The number of nitrogens with one attached hydrogen (secondary N) is 1. The van der Waals surface area contributed by atoms with Crippen LogP contribution in [-0.4, -0.2) is 34.1 Å². The average molecular weight is 259 g/mol. The van der Waals surface area contributed by atoms with Gasteiger partial charge < -0.3 is 10.5 Å². The van der Waals surface area contributed by atoms with E-state index in [9.17, 15) is 14.4 Å². The highest BCUT2D eigenvalue weighted by Gasteiger charge is 2.16. The first-order chi connectivity index (χ1) is 7.97. The second kappa shape index (κ2) is 5.58. The van der Waals surface area contributed by atoms with Crippen LogP contribution in [0.15, 0.2) is 9.69 Å². The summed E-state index contributed by atoms with van der Waals surface area (Å²) in [6, 6.07) is -0.888. The van der Waals surface area contributed by atoms with Crippen LogP contribution >= 0.6 is 11.8 Å². The minimum atomic E-state index is -0.888. The molecule has 0 radical (unpaired) electrons. The van der Waals surface area contributed by atoms with Crippen LogP contribution in [0.2, 0.25) is 0 Å². The SMILES string of the molecule is CCOC(=O)CSc1c(C)[nH]n(C(N)=O)c1=O. The van der Waals surface area contributed by atoms with Gasteiger partial charge in [-0.1, -0.05) is 0 Å². The number of aromatic nitrogens is 2. The summed E-state index contributed by atoms with van der Waals surface area (Å²) in [6.45, 7) is 3.61. The summed E-state index contributed by atoms with van der Waals surface area (Å²) in [4.78, 5) is 34.0. The van der Waals surface area contributed by atoms with Crippen LogP contribution in [0.4, 0.5) is 4.79 Å². The fourth-order valence-electron chi connectivity index (χ4n) is 1.19. The van der Waals surface area contributed by atoms with Crippen LogP contribution in [0.5, 0.6) is 0 Å². The van der Waals surface area contributed by atoms with E-state index in [1.807, 2.05) is 0 Å². The molecule has 0 aromatic carbocycles. The molecule has 0 saturated carbocycles. The highest BCUT2D eigenvalue weighted by molar-refractivity contribution is 8.00.